The van der Waals surface area contributed by atoms with Gasteiger partial charge in [0.2, 0.25) is 5.91 Å². The van der Waals surface area contributed by atoms with Crippen molar-refractivity contribution in [1.82, 2.24) is 0 Å². The number of anilines is 2. The average Bonchev–Trinajstić information content (AvgIpc) is 2.33. The van der Waals surface area contributed by atoms with Crippen LogP contribution in [0.2, 0.25) is 0 Å². The summed E-state index contributed by atoms with van der Waals surface area (Å²) in [5.41, 5.74) is 3.04. The number of amides is 1. The Kier molecular flexibility index (Phi) is 1.96. The van der Waals surface area contributed by atoms with Gasteiger partial charge in [-0.15, -0.1) is 0 Å². The van der Waals surface area contributed by atoms with Crippen LogP contribution in [0.3, 0.4) is 0 Å². The van der Waals surface area contributed by atoms with Crippen LogP contribution in [0.15, 0.2) is 18.2 Å². The Balaban J connectivity index is 1.96. The molecule has 2 N–H and O–H groups in total. The number of hydrogen-bond donors (Lipinski definition) is 2. The van der Waals surface area contributed by atoms with E-state index in [-0.39, 0.29) is 11.3 Å². The van der Waals surface area contributed by atoms with Gasteiger partial charge in [0.1, 0.15) is 0 Å². The van der Waals surface area contributed by atoms with E-state index in [1.807, 2.05) is 12.1 Å². The molecule has 1 fully saturated rings. The van der Waals surface area contributed by atoms with Gasteiger partial charge in [0.25, 0.3) is 0 Å². The van der Waals surface area contributed by atoms with Crippen molar-refractivity contribution in [2.75, 3.05) is 17.2 Å². The summed E-state index contributed by atoms with van der Waals surface area (Å²) >= 11 is 0. The molecule has 1 amide bonds. The van der Waals surface area contributed by atoms with Gasteiger partial charge in [0.15, 0.2) is 0 Å². The van der Waals surface area contributed by atoms with Crippen molar-refractivity contribution in [3.05, 3.63) is 23.8 Å². The molecule has 0 bridgehead atoms. The van der Waals surface area contributed by atoms with Gasteiger partial charge in [-0.3, -0.25) is 4.79 Å². The highest BCUT2D eigenvalue weighted by Crippen LogP contribution is 2.44. The molecule has 2 aliphatic rings. The molecule has 1 aromatic carbocycles. The molecule has 1 aliphatic heterocycles. The average molecular weight is 216 g/mol. The molecule has 0 atom stereocenters. The van der Waals surface area contributed by atoms with E-state index < -0.39 is 0 Å². The third-order valence-corrected chi connectivity index (χ3v) is 3.83. The summed E-state index contributed by atoms with van der Waals surface area (Å²) in [6.07, 6.45) is 3.20. The van der Waals surface area contributed by atoms with Crippen molar-refractivity contribution in [3.63, 3.8) is 0 Å². The molecule has 3 rings (SSSR count). The third kappa shape index (κ3) is 1.31. The van der Waals surface area contributed by atoms with Crippen LogP contribution < -0.4 is 10.6 Å². The highest BCUT2D eigenvalue weighted by molar-refractivity contribution is 6.00. The van der Waals surface area contributed by atoms with E-state index in [2.05, 4.69) is 23.6 Å². The molecular formula is C13H16N2O. The van der Waals surface area contributed by atoms with Crippen LogP contribution in [0.4, 0.5) is 11.4 Å². The molecule has 0 aromatic heterocycles. The standard InChI is InChI=1S/C13H16N2O/c1-9-3-4-10-11(7-9)14-8-13(5-2-6-13)12(16)15-10/h3-4,7,14H,2,5-6,8H2,1H3,(H,15,16). The van der Waals surface area contributed by atoms with Gasteiger partial charge in [-0.2, -0.15) is 0 Å². The topological polar surface area (TPSA) is 41.1 Å². The fourth-order valence-corrected chi connectivity index (χ4v) is 2.52. The number of fused-ring (bicyclic) bond motifs is 1. The predicted octanol–water partition coefficient (Wildman–Crippen LogP) is 2.53. The summed E-state index contributed by atoms with van der Waals surface area (Å²) in [4.78, 5) is 12.1. The van der Waals surface area contributed by atoms with Gasteiger partial charge < -0.3 is 10.6 Å². The highest BCUT2D eigenvalue weighted by Gasteiger charge is 2.45. The van der Waals surface area contributed by atoms with E-state index in [1.165, 1.54) is 12.0 Å². The Morgan fingerprint density at radius 3 is 2.75 bits per heavy atom. The molecule has 1 spiro atoms. The first-order valence-corrected chi connectivity index (χ1v) is 5.86. The van der Waals surface area contributed by atoms with E-state index in [1.54, 1.807) is 0 Å². The lowest BCUT2D eigenvalue weighted by Gasteiger charge is -2.38. The molecule has 84 valence electrons. The molecule has 3 heteroatoms. The Bertz CT molecular complexity index is 449. The summed E-state index contributed by atoms with van der Waals surface area (Å²) in [7, 11) is 0. The van der Waals surface area contributed by atoms with E-state index in [0.29, 0.717) is 0 Å². The smallest absolute Gasteiger partial charge is 0.232 e. The van der Waals surface area contributed by atoms with Crippen molar-refractivity contribution < 1.29 is 4.79 Å². The zero-order valence-electron chi connectivity index (χ0n) is 9.47. The molecule has 16 heavy (non-hydrogen) atoms. The van der Waals surface area contributed by atoms with Crippen LogP contribution >= 0.6 is 0 Å². The Morgan fingerprint density at radius 1 is 1.25 bits per heavy atom. The Hall–Kier alpha value is -1.51. The van der Waals surface area contributed by atoms with Crippen LogP contribution in [0.1, 0.15) is 24.8 Å². The summed E-state index contributed by atoms with van der Waals surface area (Å²) < 4.78 is 0. The van der Waals surface area contributed by atoms with Crippen LogP contribution in [0.5, 0.6) is 0 Å². The quantitative estimate of drug-likeness (QED) is 0.699. The van der Waals surface area contributed by atoms with Crippen molar-refractivity contribution in [2.45, 2.75) is 26.2 Å². The van der Waals surface area contributed by atoms with Crippen LogP contribution in [0.25, 0.3) is 0 Å². The number of carbonyl (C=O) groups is 1. The number of nitrogens with one attached hydrogen (secondary N) is 2. The summed E-state index contributed by atoms with van der Waals surface area (Å²) in [5.74, 6) is 0.189. The number of carbonyl (C=O) groups excluding carboxylic acids is 1. The number of benzene rings is 1. The summed E-state index contributed by atoms with van der Waals surface area (Å²) in [6.45, 7) is 2.84. The first kappa shape index (κ1) is 9.70. The van der Waals surface area contributed by atoms with E-state index >= 15 is 0 Å². The molecule has 0 radical (unpaired) electrons. The predicted molar refractivity (Wildman–Crippen MR) is 64.6 cm³/mol. The fourth-order valence-electron chi connectivity index (χ4n) is 2.52. The van der Waals surface area contributed by atoms with Gasteiger partial charge in [0, 0.05) is 6.54 Å². The Morgan fingerprint density at radius 2 is 2.06 bits per heavy atom. The monoisotopic (exact) mass is 216 g/mol. The molecular weight excluding hydrogens is 200 g/mol. The highest BCUT2D eigenvalue weighted by atomic mass is 16.2. The molecule has 3 nitrogen and oxygen atoms in total. The zero-order chi connectivity index (χ0) is 11.2. The molecule has 1 aliphatic carbocycles. The molecule has 1 saturated carbocycles. The lowest BCUT2D eigenvalue weighted by atomic mass is 9.68. The lowest BCUT2D eigenvalue weighted by Crippen LogP contribution is -2.45. The fraction of sp³-hybridized carbons (Fsp3) is 0.462. The first-order valence-electron chi connectivity index (χ1n) is 5.86. The van der Waals surface area contributed by atoms with Gasteiger partial charge in [-0.1, -0.05) is 12.5 Å². The van der Waals surface area contributed by atoms with E-state index in [9.17, 15) is 4.79 Å². The van der Waals surface area contributed by atoms with Crippen molar-refractivity contribution in [2.24, 2.45) is 5.41 Å². The minimum atomic E-state index is -0.146. The van der Waals surface area contributed by atoms with Crippen molar-refractivity contribution in [1.29, 1.82) is 0 Å². The van der Waals surface area contributed by atoms with Crippen LogP contribution in [0, 0.1) is 12.3 Å². The number of rotatable bonds is 0. The molecule has 1 heterocycles. The lowest BCUT2D eigenvalue weighted by molar-refractivity contribution is -0.129. The molecule has 0 unspecified atom stereocenters. The largest absolute Gasteiger partial charge is 0.382 e. The number of aryl methyl sites for hydroxylation is 1. The second-order valence-electron chi connectivity index (χ2n) is 4.99. The van der Waals surface area contributed by atoms with E-state index in [0.717, 1.165) is 30.8 Å². The maximum Gasteiger partial charge on any atom is 0.232 e. The van der Waals surface area contributed by atoms with Crippen LogP contribution in [-0.4, -0.2) is 12.5 Å². The van der Waals surface area contributed by atoms with Gasteiger partial charge >= 0.3 is 0 Å². The van der Waals surface area contributed by atoms with Crippen molar-refractivity contribution >= 4 is 17.3 Å². The summed E-state index contributed by atoms with van der Waals surface area (Å²) in [5, 5.41) is 6.45. The SMILES string of the molecule is Cc1ccc2c(c1)NCC1(CCC1)C(=O)N2. The third-order valence-electron chi connectivity index (χ3n) is 3.83. The molecule has 0 saturated heterocycles. The minimum absolute atomic E-state index is 0.146. The zero-order valence-corrected chi connectivity index (χ0v) is 9.47. The normalized spacial score (nSPS) is 21.4. The van der Waals surface area contributed by atoms with Crippen LogP contribution in [-0.2, 0) is 4.79 Å². The van der Waals surface area contributed by atoms with E-state index in [4.69, 9.17) is 0 Å². The maximum atomic E-state index is 12.1. The maximum absolute atomic E-state index is 12.1. The number of hydrogen-bond acceptors (Lipinski definition) is 2. The van der Waals surface area contributed by atoms with Gasteiger partial charge in [0.05, 0.1) is 16.8 Å². The molecule has 1 aromatic rings. The summed E-state index contributed by atoms with van der Waals surface area (Å²) in [6, 6.07) is 6.10. The Labute approximate surface area is 95.2 Å². The second kappa shape index (κ2) is 3.24. The second-order valence-corrected chi connectivity index (χ2v) is 4.99. The van der Waals surface area contributed by atoms with Gasteiger partial charge in [-0.25, -0.2) is 0 Å². The van der Waals surface area contributed by atoms with Crippen molar-refractivity contribution in [3.8, 4) is 0 Å². The van der Waals surface area contributed by atoms with Gasteiger partial charge in [-0.05, 0) is 37.5 Å². The minimum Gasteiger partial charge on any atom is -0.382 e. The first-order chi connectivity index (χ1) is 7.70.